The third kappa shape index (κ3) is 3.44. The second kappa shape index (κ2) is 6.01. The molecule has 0 aliphatic carbocycles. The molecule has 1 fully saturated rings. The Morgan fingerprint density at radius 3 is 3.05 bits per heavy atom. The summed E-state index contributed by atoms with van der Waals surface area (Å²) in [6, 6.07) is -0.972. The molecule has 0 aromatic carbocycles. The summed E-state index contributed by atoms with van der Waals surface area (Å²) in [5.74, 6) is -0.928. The maximum Gasteiger partial charge on any atom is 0.326 e. The van der Waals surface area contributed by atoms with E-state index < -0.39 is 12.0 Å². The second-order valence-electron chi connectivity index (χ2n) is 4.55. The first-order valence-corrected chi connectivity index (χ1v) is 7.14. The Kier molecular flexibility index (Phi) is 4.36. The smallest absolute Gasteiger partial charge is 0.326 e. The number of hydrogen-bond acceptors (Lipinski definition) is 4. The van der Waals surface area contributed by atoms with Gasteiger partial charge in [-0.25, -0.2) is 14.6 Å². The molecule has 1 saturated heterocycles. The molecule has 0 spiro atoms. The number of aromatic nitrogens is 1. The van der Waals surface area contributed by atoms with E-state index in [0.29, 0.717) is 25.9 Å². The molecule has 2 heterocycles. The second-order valence-corrected chi connectivity index (χ2v) is 5.50. The number of carboxylic acid groups (broad SMARTS) is 1. The van der Waals surface area contributed by atoms with Crippen LogP contribution in [-0.2, 0) is 11.2 Å². The highest BCUT2D eigenvalue weighted by Crippen LogP contribution is 2.17. The third-order valence-electron chi connectivity index (χ3n) is 3.08. The van der Waals surface area contributed by atoms with Crippen molar-refractivity contribution in [2.75, 3.05) is 13.1 Å². The van der Waals surface area contributed by atoms with Gasteiger partial charge in [0.2, 0.25) is 0 Å². The number of nitrogens with zero attached hydrogens (tertiary/aromatic N) is 2. The summed E-state index contributed by atoms with van der Waals surface area (Å²) in [6.45, 7) is 2.92. The molecule has 0 unspecified atom stereocenters. The molecular weight excluding hydrogens is 266 g/mol. The van der Waals surface area contributed by atoms with Gasteiger partial charge in [-0.3, -0.25) is 0 Å². The van der Waals surface area contributed by atoms with Gasteiger partial charge in [-0.1, -0.05) is 0 Å². The quantitative estimate of drug-likeness (QED) is 0.871. The minimum Gasteiger partial charge on any atom is -0.480 e. The van der Waals surface area contributed by atoms with E-state index in [9.17, 15) is 9.59 Å². The van der Waals surface area contributed by atoms with Crippen LogP contribution < -0.4 is 5.32 Å². The minimum absolute atomic E-state index is 0.293. The number of thiazole rings is 1. The Hall–Kier alpha value is -1.63. The lowest BCUT2D eigenvalue weighted by molar-refractivity contribution is -0.141. The van der Waals surface area contributed by atoms with Gasteiger partial charge in [0.25, 0.3) is 0 Å². The lowest BCUT2D eigenvalue weighted by atomic mass is 10.2. The zero-order valence-corrected chi connectivity index (χ0v) is 11.6. The van der Waals surface area contributed by atoms with E-state index >= 15 is 0 Å². The molecule has 1 aliphatic heterocycles. The molecular formula is C12H17N3O3S. The number of nitrogens with one attached hydrogen (secondary N) is 1. The highest BCUT2D eigenvalue weighted by Gasteiger charge is 2.33. The molecule has 0 radical (unpaired) electrons. The maximum absolute atomic E-state index is 11.9. The summed E-state index contributed by atoms with van der Waals surface area (Å²) in [5, 5.41) is 14.7. The predicted octanol–water partition coefficient (Wildman–Crippen LogP) is 1.25. The van der Waals surface area contributed by atoms with Crippen molar-refractivity contribution < 1.29 is 14.7 Å². The first kappa shape index (κ1) is 13.8. The Labute approximate surface area is 115 Å². The molecule has 104 valence electrons. The van der Waals surface area contributed by atoms with Crippen LogP contribution in [0.4, 0.5) is 4.79 Å². The molecule has 0 saturated carbocycles. The molecule has 7 heteroatoms. The van der Waals surface area contributed by atoms with Crippen molar-refractivity contribution in [3.8, 4) is 0 Å². The number of aryl methyl sites for hydroxylation is 1. The SMILES string of the molecule is Cc1csc(CCNC(=O)N2CCC[C@@H]2C(=O)O)n1. The van der Waals surface area contributed by atoms with Crippen molar-refractivity contribution in [3.63, 3.8) is 0 Å². The van der Waals surface area contributed by atoms with Gasteiger partial charge in [-0.2, -0.15) is 0 Å². The molecule has 19 heavy (non-hydrogen) atoms. The van der Waals surface area contributed by atoms with Crippen molar-refractivity contribution in [1.29, 1.82) is 0 Å². The average Bonchev–Trinajstić information content (AvgIpc) is 2.97. The standard InChI is InChI=1S/C12H17N3O3S/c1-8-7-19-10(14-8)4-5-13-12(18)15-6-2-3-9(15)11(16)17/h7,9H,2-6H2,1H3,(H,13,18)(H,16,17)/t9-/m1/s1. The molecule has 1 aromatic rings. The summed E-state index contributed by atoms with van der Waals surface area (Å²) < 4.78 is 0. The van der Waals surface area contributed by atoms with Gasteiger partial charge < -0.3 is 15.3 Å². The first-order chi connectivity index (χ1) is 9.08. The Morgan fingerprint density at radius 1 is 1.63 bits per heavy atom. The van der Waals surface area contributed by atoms with E-state index in [-0.39, 0.29) is 6.03 Å². The highest BCUT2D eigenvalue weighted by molar-refractivity contribution is 7.09. The number of likely N-dealkylation sites (tertiary alicyclic amines) is 1. The van der Waals surface area contributed by atoms with Crippen molar-refractivity contribution >= 4 is 23.3 Å². The molecule has 0 bridgehead atoms. The number of urea groups is 1. The molecule has 1 atom stereocenters. The Balaban J connectivity index is 1.79. The van der Waals surface area contributed by atoms with E-state index in [1.807, 2.05) is 12.3 Å². The van der Waals surface area contributed by atoms with Crippen LogP contribution in [0.2, 0.25) is 0 Å². The van der Waals surface area contributed by atoms with E-state index in [1.165, 1.54) is 4.90 Å². The fraction of sp³-hybridized carbons (Fsp3) is 0.583. The van der Waals surface area contributed by atoms with Crippen molar-refractivity contribution in [2.24, 2.45) is 0 Å². The summed E-state index contributed by atoms with van der Waals surface area (Å²) in [6.07, 6.45) is 1.96. The van der Waals surface area contributed by atoms with E-state index in [4.69, 9.17) is 5.11 Å². The molecule has 2 N–H and O–H groups in total. The van der Waals surface area contributed by atoms with Gasteiger partial charge in [-0.15, -0.1) is 11.3 Å². The number of aliphatic carboxylic acids is 1. The Bertz CT molecular complexity index is 475. The number of carboxylic acids is 1. The number of carbonyl (C=O) groups excluding carboxylic acids is 1. The molecule has 1 aromatic heterocycles. The number of hydrogen-bond donors (Lipinski definition) is 2. The van der Waals surface area contributed by atoms with Gasteiger partial charge in [0.1, 0.15) is 6.04 Å². The first-order valence-electron chi connectivity index (χ1n) is 6.26. The summed E-state index contributed by atoms with van der Waals surface area (Å²) in [4.78, 5) is 28.6. The van der Waals surface area contributed by atoms with Gasteiger partial charge in [0.15, 0.2) is 0 Å². The van der Waals surface area contributed by atoms with Crippen molar-refractivity contribution in [3.05, 3.63) is 16.1 Å². The topological polar surface area (TPSA) is 82.5 Å². The highest BCUT2D eigenvalue weighted by atomic mass is 32.1. The van der Waals surface area contributed by atoms with Gasteiger partial charge in [0.05, 0.1) is 5.01 Å². The van der Waals surface area contributed by atoms with Crippen molar-refractivity contribution in [2.45, 2.75) is 32.2 Å². The van der Waals surface area contributed by atoms with Crippen LogP contribution in [0.3, 0.4) is 0 Å². The zero-order valence-electron chi connectivity index (χ0n) is 10.8. The molecule has 2 rings (SSSR count). The third-order valence-corrected chi connectivity index (χ3v) is 4.11. The van der Waals surface area contributed by atoms with Crippen molar-refractivity contribution in [1.82, 2.24) is 15.2 Å². The molecule has 1 aliphatic rings. The van der Waals surface area contributed by atoms with Crippen LogP contribution in [0.25, 0.3) is 0 Å². The van der Waals surface area contributed by atoms with Gasteiger partial charge in [-0.05, 0) is 19.8 Å². The number of carbonyl (C=O) groups is 2. The fourth-order valence-electron chi connectivity index (χ4n) is 2.16. The average molecular weight is 283 g/mol. The minimum atomic E-state index is -0.928. The molecule has 6 nitrogen and oxygen atoms in total. The lowest BCUT2D eigenvalue weighted by Gasteiger charge is -2.21. The summed E-state index contributed by atoms with van der Waals surface area (Å²) in [7, 11) is 0. The van der Waals surface area contributed by atoms with E-state index in [0.717, 1.165) is 17.1 Å². The summed E-state index contributed by atoms with van der Waals surface area (Å²) in [5.41, 5.74) is 0.983. The number of rotatable bonds is 4. The van der Waals surface area contributed by atoms with Crippen LogP contribution in [0, 0.1) is 6.92 Å². The summed E-state index contributed by atoms with van der Waals surface area (Å²) >= 11 is 1.57. The van der Waals surface area contributed by atoms with Gasteiger partial charge >= 0.3 is 12.0 Å². The molecule has 2 amide bonds. The maximum atomic E-state index is 11.9. The van der Waals surface area contributed by atoms with Crippen LogP contribution in [0.5, 0.6) is 0 Å². The zero-order chi connectivity index (χ0) is 13.8. The van der Waals surface area contributed by atoms with Crippen LogP contribution in [-0.4, -0.2) is 46.1 Å². The van der Waals surface area contributed by atoms with Crippen LogP contribution >= 0.6 is 11.3 Å². The van der Waals surface area contributed by atoms with E-state index in [1.54, 1.807) is 11.3 Å². The predicted molar refractivity (Wildman–Crippen MR) is 71.3 cm³/mol. The van der Waals surface area contributed by atoms with Crippen LogP contribution in [0.15, 0.2) is 5.38 Å². The fourth-order valence-corrected chi connectivity index (χ4v) is 2.94. The normalized spacial score (nSPS) is 18.6. The lowest BCUT2D eigenvalue weighted by Crippen LogP contribution is -2.46. The largest absolute Gasteiger partial charge is 0.480 e. The van der Waals surface area contributed by atoms with Gasteiger partial charge in [0, 0.05) is 30.6 Å². The monoisotopic (exact) mass is 283 g/mol. The Morgan fingerprint density at radius 2 is 2.42 bits per heavy atom. The van der Waals surface area contributed by atoms with E-state index in [2.05, 4.69) is 10.3 Å². The van der Waals surface area contributed by atoms with Crippen LogP contribution in [0.1, 0.15) is 23.5 Å². The number of amides is 2.